The molecule has 1 saturated carbocycles. The first-order chi connectivity index (χ1) is 7.67. The summed E-state index contributed by atoms with van der Waals surface area (Å²) in [5.41, 5.74) is 1.02. The normalized spacial score (nSPS) is 15.0. The summed E-state index contributed by atoms with van der Waals surface area (Å²) in [5.74, 6) is 1.75. The Kier molecular flexibility index (Phi) is 3.22. The van der Waals surface area contributed by atoms with Crippen LogP contribution in [0.2, 0.25) is 0 Å². The third-order valence-corrected chi connectivity index (χ3v) is 2.37. The maximum Gasteiger partial charge on any atom is 0.125 e. The standard InChI is InChI=1S/C13H19NO2/c1-9(2)15-12-6-10(14-3)7-13(8-12)16-11-4-5-11/h6-9,11,14H,4-5H2,1-3H3. The van der Waals surface area contributed by atoms with Crippen molar-refractivity contribution < 1.29 is 9.47 Å². The second kappa shape index (κ2) is 4.64. The summed E-state index contributed by atoms with van der Waals surface area (Å²) in [6, 6.07) is 5.95. The van der Waals surface area contributed by atoms with Gasteiger partial charge < -0.3 is 14.8 Å². The zero-order chi connectivity index (χ0) is 11.5. The molecular formula is C13H19NO2. The van der Waals surface area contributed by atoms with E-state index in [0.717, 1.165) is 17.2 Å². The molecule has 1 aromatic rings. The highest BCUT2D eigenvalue weighted by molar-refractivity contribution is 5.53. The predicted octanol–water partition coefficient (Wildman–Crippen LogP) is 3.06. The monoisotopic (exact) mass is 221 g/mol. The summed E-state index contributed by atoms with van der Waals surface area (Å²) < 4.78 is 11.4. The fourth-order valence-corrected chi connectivity index (χ4v) is 1.50. The van der Waals surface area contributed by atoms with E-state index in [0.29, 0.717) is 6.10 Å². The van der Waals surface area contributed by atoms with Gasteiger partial charge >= 0.3 is 0 Å². The van der Waals surface area contributed by atoms with E-state index in [-0.39, 0.29) is 6.10 Å². The lowest BCUT2D eigenvalue weighted by Crippen LogP contribution is -2.06. The molecule has 0 saturated heterocycles. The molecule has 0 amide bonds. The fourth-order valence-electron chi connectivity index (χ4n) is 1.50. The van der Waals surface area contributed by atoms with Crippen molar-refractivity contribution >= 4 is 5.69 Å². The number of benzene rings is 1. The number of rotatable bonds is 5. The molecule has 0 unspecified atom stereocenters. The summed E-state index contributed by atoms with van der Waals surface area (Å²) in [7, 11) is 1.90. The second-order valence-corrected chi connectivity index (χ2v) is 4.43. The van der Waals surface area contributed by atoms with Gasteiger partial charge in [-0.3, -0.25) is 0 Å². The predicted molar refractivity (Wildman–Crippen MR) is 65.4 cm³/mol. The van der Waals surface area contributed by atoms with Crippen LogP contribution in [0.1, 0.15) is 26.7 Å². The molecule has 16 heavy (non-hydrogen) atoms. The van der Waals surface area contributed by atoms with Gasteiger partial charge in [-0.05, 0) is 26.7 Å². The van der Waals surface area contributed by atoms with Gasteiger partial charge in [-0.15, -0.1) is 0 Å². The third kappa shape index (κ3) is 3.05. The van der Waals surface area contributed by atoms with E-state index in [2.05, 4.69) is 5.32 Å². The third-order valence-electron chi connectivity index (χ3n) is 2.37. The van der Waals surface area contributed by atoms with Crippen LogP contribution < -0.4 is 14.8 Å². The molecule has 0 aromatic heterocycles. The van der Waals surface area contributed by atoms with E-state index in [9.17, 15) is 0 Å². The Morgan fingerprint density at radius 1 is 1.19 bits per heavy atom. The first kappa shape index (κ1) is 11.1. The Balaban J connectivity index is 2.15. The maximum absolute atomic E-state index is 5.77. The van der Waals surface area contributed by atoms with Crippen LogP contribution in [0.25, 0.3) is 0 Å². The topological polar surface area (TPSA) is 30.5 Å². The van der Waals surface area contributed by atoms with Crippen molar-refractivity contribution in [2.24, 2.45) is 0 Å². The molecule has 1 aromatic carbocycles. The minimum Gasteiger partial charge on any atom is -0.491 e. The number of hydrogen-bond acceptors (Lipinski definition) is 3. The van der Waals surface area contributed by atoms with Crippen LogP contribution >= 0.6 is 0 Å². The van der Waals surface area contributed by atoms with E-state index < -0.39 is 0 Å². The van der Waals surface area contributed by atoms with Gasteiger partial charge in [0.25, 0.3) is 0 Å². The molecule has 1 aliphatic rings. The van der Waals surface area contributed by atoms with Gasteiger partial charge in [-0.25, -0.2) is 0 Å². The second-order valence-electron chi connectivity index (χ2n) is 4.43. The Bertz CT molecular complexity index is 337. The van der Waals surface area contributed by atoms with Gasteiger partial charge in [0.2, 0.25) is 0 Å². The maximum atomic E-state index is 5.77. The fraction of sp³-hybridized carbons (Fsp3) is 0.538. The molecule has 0 bridgehead atoms. The Morgan fingerprint density at radius 3 is 2.44 bits per heavy atom. The lowest BCUT2D eigenvalue weighted by Gasteiger charge is -2.13. The van der Waals surface area contributed by atoms with Gasteiger partial charge in [0.15, 0.2) is 0 Å². The van der Waals surface area contributed by atoms with Crippen LogP contribution in [0.15, 0.2) is 18.2 Å². The van der Waals surface area contributed by atoms with Crippen molar-refractivity contribution in [3.63, 3.8) is 0 Å². The minimum atomic E-state index is 0.181. The van der Waals surface area contributed by atoms with Gasteiger partial charge in [0.1, 0.15) is 11.5 Å². The molecular weight excluding hydrogens is 202 g/mol. The highest BCUT2D eigenvalue weighted by Crippen LogP contribution is 2.32. The van der Waals surface area contributed by atoms with Crippen LogP contribution in [0.5, 0.6) is 11.5 Å². The summed E-state index contributed by atoms with van der Waals surface area (Å²) >= 11 is 0. The van der Waals surface area contributed by atoms with Gasteiger partial charge in [0, 0.05) is 30.9 Å². The van der Waals surface area contributed by atoms with Crippen molar-refractivity contribution in [3.8, 4) is 11.5 Å². The average Bonchev–Trinajstić information content (AvgIpc) is 3.00. The number of anilines is 1. The van der Waals surface area contributed by atoms with Crippen LogP contribution in [0.3, 0.4) is 0 Å². The quantitative estimate of drug-likeness (QED) is 0.829. The van der Waals surface area contributed by atoms with E-state index in [1.165, 1.54) is 12.8 Å². The highest BCUT2D eigenvalue weighted by atomic mass is 16.5. The first-order valence-corrected chi connectivity index (χ1v) is 5.83. The molecule has 3 nitrogen and oxygen atoms in total. The Labute approximate surface area is 96.8 Å². The molecule has 0 aliphatic heterocycles. The molecule has 1 N–H and O–H groups in total. The molecule has 1 aliphatic carbocycles. The Morgan fingerprint density at radius 2 is 1.88 bits per heavy atom. The van der Waals surface area contributed by atoms with Crippen molar-refractivity contribution in [1.29, 1.82) is 0 Å². The lowest BCUT2D eigenvalue weighted by molar-refractivity contribution is 0.239. The van der Waals surface area contributed by atoms with E-state index in [1.54, 1.807) is 0 Å². The van der Waals surface area contributed by atoms with Crippen LogP contribution in [-0.2, 0) is 0 Å². The molecule has 0 atom stereocenters. The van der Waals surface area contributed by atoms with Crippen LogP contribution in [-0.4, -0.2) is 19.3 Å². The van der Waals surface area contributed by atoms with Gasteiger partial charge in [-0.1, -0.05) is 0 Å². The summed E-state index contributed by atoms with van der Waals surface area (Å²) in [6.07, 6.45) is 2.94. The smallest absolute Gasteiger partial charge is 0.125 e. The highest BCUT2D eigenvalue weighted by Gasteiger charge is 2.23. The zero-order valence-corrected chi connectivity index (χ0v) is 10.1. The lowest BCUT2D eigenvalue weighted by atomic mass is 10.2. The van der Waals surface area contributed by atoms with Gasteiger partial charge in [0.05, 0.1) is 12.2 Å². The van der Waals surface area contributed by atoms with Crippen LogP contribution in [0.4, 0.5) is 5.69 Å². The van der Waals surface area contributed by atoms with Crippen LogP contribution in [0, 0.1) is 0 Å². The summed E-state index contributed by atoms with van der Waals surface area (Å²) in [6.45, 7) is 4.04. The summed E-state index contributed by atoms with van der Waals surface area (Å²) in [4.78, 5) is 0. The number of ether oxygens (including phenoxy) is 2. The molecule has 2 rings (SSSR count). The van der Waals surface area contributed by atoms with Crippen molar-refractivity contribution in [2.75, 3.05) is 12.4 Å². The Hall–Kier alpha value is -1.38. The average molecular weight is 221 g/mol. The number of nitrogens with one attached hydrogen (secondary N) is 1. The van der Waals surface area contributed by atoms with E-state index in [1.807, 2.05) is 39.1 Å². The van der Waals surface area contributed by atoms with Crippen molar-refractivity contribution in [2.45, 2.75) is 38.9 Å². The first-order valence-electron chi connectivity index (χ1n) is 5.83. The zero-order valence-electron chi connectivity index (χ0n) is 10.1. The minimum absolute atomic E-state index is 0.181. The van der Waals surface area contributed by atoms with Crippen molar-refractivity contribution in [3.05, 3.63) is 18.2 Å². The summed E-state index contributed by atoms with van der Waals surface area (Å²) in [5, 5.41) is 3.11. The SMILES string of the molecule is CNc1cc(OC(C)C)cc(OC2CC2)c1. The molecule has 1 fully saturated rings. The molecule has 3 heteroatoms. The van der Waals surface area contributed by atoms with Crippen molar-refractivity contribution in [1.82, 2.24) is 0 Å². The molecule has 0 radical (unpaired) electrons. The van der Waals surface area contributed by atoms with E-state index in [4.69, 9.17) is 9.47 Å². The number of hydrogen-bond donors (Lipinski definition) is 1. The molecule has 0 heterocycles. The molecule has 0 spiro atoms. The molecule has 88 valence electrons. The van der Waals surface area contributed by atoms with E-state index >= 15 is 0 Å². The van der Waals surface area contributed by atoms with Gasteiger partial charge in [-0.2, -0.15) is 0 Å². The largest absolute Gasteiger partial charge is 0.491 e.